The van der Waals surface area contributed by atoms with Gasteiger partial charge in [-0.25, -0.2) is 8.78 Å². The third kappa shape index (κ3) is 2.68. The lowest BCUT2D eigenvalue weighted by Gasteiger charge is -2.10. The predicted octanol–water partition coefficient (Wildman–Crippen LogP) is 4.46. The van der Waals surface area contributed by atoms with Crippen LogP contribution in [0.3, 0.4) is 0 Å². The molecule has 0 aromatic heterocycles. The Kier molecular flexibility index (Phi) is 3.57. The zero-order chi connectivity index (χ0) is 14.9. The van der Waals surface area contributed by atoms with Gasteiger partial charge in [-0.05, 0) is 35.4 Å². The first-order valence-electron chi connectivity index (χ1n) is 5.45. The van der Waals surface area contributed by atoms with Gasteiger partial charge in [0.25, 0.3) is 0 Å². The van der Waals surface area contributed by atoms with E-state index in [1.54, 1.807) is 0 Å². The van der Waals surface area contributed by atoms with E-state index in [9.17, 15) is 26.7 Å². The van der Waals surface area contributed by atoms with Crippen LogP contribution < -0.4 is 0 Å². The van der Waals surface area contributed by atoms with E-state index in [2.05, 4.69) is 0 Å². The van der Waals surface area contributed by atoms with Crippen LogP contribution >= 0.6 is 0 Å². The first-order chi connectivity index (χ1) is 9.32. The molecule has 0 aliphatic carbocycles. The van der Waals surface area contributed by atoms with Crippen LogP contribution in [0.15, 0.2) is 36.4 Å². The molecule has 2 rings (SSSR count). The van der Waals surface area contributed by atoms with Gasteiger partial charge in [0, 0.05) is 5.56 Å². The van der Waals surface area contributed by atoms with E-state index in [1.807, 2.05) is 0 Å². The van der Waals surface area contributed by atoms with Crippen molar-refractivity contribution in [2.75, 3.05) is 0 Å². The van der Waals surface area contributed by atoms with Crippen molar-refractivity contribution in [3.05, 3.63) is 59.2 Å². The highest BCUT2D eigenvalue weighted by atomic mass is 19.4. The maximum atomic E-state index is 13.2. The molecular formula is C14H7F5O. The summed E-state index contributed by atoms with van der Waals surface area (Å²) in [6, 6.07) is 5.40. The fourth-order valence-electron chi connectivity index (χ4n) is 1.77. The SMILES string of the molecule is O=Cc1cc(F)c(F)cc1-c1cccc(C(F)(F)F)c1. The summed E-state index contributed by atoms with van der Waals surface area (Å²) in [6.07, 6.45) is -4.30. The quantitative estimate of drug-likeness (QED) is 0.588. The van der Waals surface area contributed by atoms with Gasteiger partial charge in [0.2, 0.25) is 0 Å². The number of rotatable bonds is 2. The number of aldehydes is 1. The molecule has 0 heterocycles. The van der Waals surface area contributed by atoms with Crippen molar-refractivity contribution in [3.8, 4) is 11.1 Å². The predicted molar refractivity (Wildman–Crippen MR) is 62.2 cm³/mol. The molecule has 0 atom stereocenters. The van der Waals surface area contributed by atoms with Crippen LogP contribution in [-0.4, -0.2) is 6.29 Å². The van der Waals surface area contributed by atoms with Crippen LogP contribution in [0.2, 0.25) is 0 Å². The Hall–Kier alpha value is -2.24. The second kappa shape index (κ2) is 5.03. The summed E-state index contributed by atoms with van der Waals surface area (Å²) < 4.78 is 64.0. The smallest absolute Gasteiger partial charge is 0.298 e. The van der Waals surface area contributed by atoms with E-state index in [0.29, 0.717) is 12.1 Å². The molecule has 2 aromatic carbocycles. The average molecular weight is 286 g/mol. The number of halogens is 5. The van der Waals surface area contributed by atoms with Crippen molar-refractivity contribution in [2.45, 2.75) is 6.18 Å². The zero-order valence-corrected chi connectivity index (χ0v) is 9.84. The van der Waals surface area contributed by atoms with Crippen LogP contribution in [0.1, 0.15) is 15.9 Å². The lowest BCUT2D eigenvalue weighted by molar-refractivity contribution is -0.137. The Labute approximate surface area is 110 Å². The molecule has 0 unspecified atom stereocenters. The van der Waals surface area contributed by atoms with Crippen molar-refractivity contribution in [2.24, 2.45) is 0 Å². The highest BCUT2D eigenvalue weighted by Crippen LogP contribution is 2.33. The van der Waals surface area contributed by atoms with Gasteiger partial charge in [0.15, 0.2) is 17.9 Å². The Balaban J connectivity index is 2.62. The highest BCUT2D eigenvalue weighted by Gasteiger charge is 2.30. The van der Waals surface area contributed by atoms with Crippen molar-refractivity contribution >= 4 is 6.29 Å². The molecule has 0 fully saturated rings. The molecule has 0 bridgehead atoms. The second-order valence-corrected chi connectivity index (χ2v) is 4.05. The molecular weight excluding hydrogens is 279 g/mol. The lowest BCUT2D eigenvalue weighted by atomic mass is 9.98. The van der Waals surface area contributed by atoms with E-state index < -0.39 is 23.4 Å². The summed E-state index contributed by atoms with van der Waals surface area (Å²) >= 11 is 0. The number of carbonyl (C=O) groups is 1. The van der Waals surface area contributed by atoms with E-state index in [4.69, 9.17) is 0 Å². The fourth-order valence-corrected chi connectivity index (χ4v) is 1.77. The average Bonchev–Trinajstić information content (AvgIpc) is 2.40. The number of hydrogen-bond acceptors (Lipinski definition) is 1. The third-order valence-electron chi connectivity index (χ3n) is 2.72. The number of alkyl halides is 3. The largest absolute Gasteiger partial charge is 0.416 e. The number of carbonyl (C=O) groups excluding carboxylic acids is 1. The molecule has 104 valence electrons. The highest BCUT2D eigenvalue weighted by molar-refractivity contribution is 5.87. The van der Waals surface area contributed by atoms with E-state index >= 15 is 0 Å². The van der Waals surface area contributed by atoms with E-state index in [1.165, 1.54) is 6.07 Å². The zero-order valence-electron chi connectivity index (χ0n) is 9.84. The van der Waals surface area contributed by atoms with Gasteiger partial charge in [-0.3, -0.25) is 4.79 Å². The Morgan fingerprint density at radius 3 is 2.20 bits per heavy atom. The van der Waals surface area contributed by atoms with Gasteiger partial charge in [0.1, 0.15) is 0 Å². The Morgan fingerprint density at radius 2 is 1.60 bits per heavy atom. The monoisotopic (exact) mass is 286 g/mol. The minimum atomic E-state index is -4.56. The van der Waals surface area contributed by atoms with Crippen LogP contribution in [0, 0.1) is 11.6 Å². The van der Waals surface area contributed by atoms with Crippen molar-refractivity contribution in [1.82, 2.24) is 0 Å². The maximum absolute atomic E-state index is 13.2. The summed E-state index contributed by atoms with van der Waals surface area (Å²) in [5.41, 5.74) is -1.26. The topological polar surface area (TPSA) is 17.1 Å². The van der Waals surface area contributed by atoms with Crippen molar-refractivity contribution < 1.29 is 26.7 Å². The van der Waals surface area contributed by atoms with Crippen LogP contribution in [0.5, 0.6) is 0 Å². The molecule has 0 spiro atoms. The minimum absolute atomic E-state index is 0.0131. The Morgan fingerprint density at radius 1 is 0.950 bits per heavy atom. The molecule has 0 saturated heterocycles. The molecule has 20 heavy (non-hydrogen) atoms. The first-order valence-corrected chi connectivity index (χ1v) is 5.45. The first kappa shape index (κ1) is 14.2. The standard InChI is InChI=1S/C14H7F5O/c15-12-5-9(7-20)11(6-13(12)16)8-2-1-3-10(4-8)14(17,18)19/h1-7H. The van der Waals surface area contributed by atoms with Gasteiger partial charge in [-0.2, -0.15) is 13.2 Å². The van der Waals surface area contributed by atoms with Crippen LogP contribution in [-0.2, 0) is 6.18 Å². The third-order valence-corrected chi connectivity index (χ3v) is 2.72. The Bertz CT molecular complexity index is 661. The van der Waals surface area contributed by atoms with Crippen LogP contribution in [0.4, 0.5) is 22.0 Å². The fraction of sp³-hybridized carbons (Fsp3) is 0.0714. The molecule has 0 amide bonds. The summed E-state index contributed by atoms with van der Waals surface area (Å²) in [6.45, 7) is 0. The molecule has 0 N–H and O–H groups in total. The van der Waals surface area contributed by atoms with Crippen LogP contribution in [0.25, 0.3) is 11.1 Å². The minimum Gasteiger partial charge on any atom is -0.298 e. The number of hydrogen-bond donors (Lipinski definition) is 0. The number of benzene rings is 2. The van der Waals surface area contributed by atoms with Gasteiger partial charge >= 0.3 is 6.18 Å². The molecule has 6 heteroatoms. The molecule has 0 saturated carbocycles. The molecule has 1 nitrogen and oxygen atoms in total. The summed E-state index contributed by atoms with van der Waals surface area (Å²) in [4.78, 5) is 10.8. The normalized spacial score (nSPS) is 11.4. The molecule has 0 radical (unpaired) electrons. The van der Waals surface area contributed by atoms with E-state index in [0.717, 1.165) is 18.2 Å². The second-order valence-electron chi connectivity index (χ2n) is 4.05. The molecule has 2 aromatic rings. The van der Waals surface area contributed by atoms with Gasteiger partial charge in [0.05, 0.1) is 5.56 Å². The maximum Gasteiger partial charge on any atom is 0.416 e. The van der Waals surface area contributed by atoms with Gasteiger partial charge < -0.3 is 0 Å². The van der Waals surface area contributed by atoms with Gasteiger partial charge in [-0.15, -0.1) is 0 Å². The van der Waals surface area contributed by atoms with Gasteiger partial charge in [-0.1, -0.05) is 12.1 Å². The summed E-state index contributed by atoms with van der Waals surface area (Å²) in [7, 11) is 0. The summed E-state index contributed by atoms with van der Waals surface area (Å²) in [5, 5.41) is 0. The lowest BCUT2D eigenvalue weighted by Crippen LogP contribution is -2.04. The van der Waals surface area contributed by atoms with E-state index in [-0.39, 0.29) is 23.0 Å². The molecule has 0 aliphatic heterocycles. The molecule has 0 aliphatic rings. The van der Waals surface area contributed by atoms with Crippen molar-refractivity contribution in [1.29, 1.82) is 0 Å². The van der Waals surface area contributed by atoms with Crippen molar-refractivity contribution in [3.63, 3.8) is 0 Å². The summed E-state index contributed by atoms with van der Waals surface area (Å²) in [5.74, 6) is -2.47.